The molecule has 1 aliphatic rings. The predicted molar refractivity (Wildman–Crippen MR) is 63.6 cm³/mol. The quantitative estimate of drug-likeness (QED) is 0.917. The Hall–Kier alpha value is -1.11. The summed E-state index contributed by atoms with van der Waals surface area (Å²) in [7, 11) is 0. The van der Waals surface area contributed by atoms with Crippen LogP contribution in [0.25, 0.3) is 0 Å². The van der Waals surface area contributed by atoms with Crippen LogP contribution >= 0.6 is 0 Å². The van der Waals surface area contributed by atoms with Crippen molar-refractivity contribution in [2.45, 2.75) is 18.8 Å². The number of aliphatic hydroxyl groups is 1. The maximum absolute atomic E-state index is 12.3. The van der Waals surface area contributed by atoms with E-state index in [1.54, 1.807) is 12.1 Å². The van der Waals surface area contributed by atoms with E-state index in [4.69, 9.17) is 9.84 Å². The first kappa shape index (κ1) is 14.3. The lowest BCUT2D eigenvalue weighted by atomic mass is 10.1. The highest BCUT2D eigenvalue weighted by Crippen LogP contribution is 2.32. The summed E-state index contributed by atoms with van der Waals surface area (Å²) in [5.41, 5.74) is 0.804. The Labute approximate surface area is 109 Å². The second kappa shape index (κ2) is 5.90. The number of hydrogen-bond acceptors (Lipinski definition) is 3. The molecule has 0 spiro atoms. The molecule has 1 aromatic rings. The van der Waals surface area contributed by atoms with Gasteiger partial charge in [-0.25, -0.2) is 0 Å². The highest BCUT2D eigenvalue weighted by atomic mass is 19.4. The third kappa shape index (κ3) is 3.92. The van der Waals surface area contributed by atoms with Gasteiger partial charge in [0.15, 0.2) is 6.10 Å². The number of halogens is 3. The molecule has 6 heteroatoms. The van der Waals surface area contributed by atoms with Gasteiger partial charge < -0.3 is 9.84 Å². The van der Waals surface area contributed by atoms with E-state index in [2.05, 4.69) is 4.90 Å². The van der Waals surface area contributed by atoms with Gasteiger partial charge in [-0.2, -0.15) is 13.2 Å². The minimum atomic E-state index is -4.62. The monoisotopic (exact) mass is 275 g/mol. The summed E-state index contributed by atoms with van der Waals surface area (Å²) >= 11 is 0. The molecule has 0 aromatic heterocycles. The molecular formula is C13H16F3NO2. The van der Waals surface area contributed by atoms with Crippen LogP contribution in [0.15, 0.2) is 24.3 Å². The van der Waals surface area contributed by atoms with Crippen LogP contribution in [0.4, 0.5) is 13.2 Å². The summed E-state index contributed by atoms with van der Waals surface area (Å²) in [6, 6.07) is 5.90. The van der Waals surface area contributed by atoms with Gasteiger partial charge in [0, 0.05) is 19.6 Å². The van der Waals surface area contributed by atoms with Crippen molar-refractivity contribution in [3.8, 4) is 0 Å². The highest BCUT2D eigenvalue weighted by Gasteiger charge is 2.39. The molecule has 3 nitrogen and oxygen atoms in total. The molecule has 1 N–H and O–H groups in total. The third-order valence-electron chi connectivity index (χ3n) is 3.12. The second-order valence-corrected chi connectivity index (χ2v) is 4.57. The average Bonchev–Trinajstić information content (AvgIpc) is 2.39. The second-order valence-electron chi connectivity index (χ2n) is 4.57. The van der Waals surface area contributed by atoms with Gasteiger partial charge in [0.05, 0.1) is 13.2 Å². The van der Waals surface area contributed by atoms with Gasteiger partial charge >= 0.3 is 6.18 Å². The van der Waals surface area contributed by atoms with Crippen LogP contribution in [0.1, 0.15) is 17.2 Å². The van der Waals surface area contributed by atoms with Crippen molar-refractivity contribution in [1.29, 1.82) is 0 Å². The number of aliphatic hydroxyl groups excluding tert-OH is 1. The fourth-order valence-corrected chi connectivity index (χ4v) is 2.01. The van der Waals surface area contributed by atoms with Gasteiger partial charge in [-0.1, -0.05) is 24.3 Å². The normalized spacial score (nSPS) is 19.4. The first-order chi connectivity index (χ1) is 8.97. The molecule has 0 saturated carbocycles. The molecule has 1 aliphatic heterocycles. The summed E-state index contributed by atoms with van der Waals surface area (Å²) in [6.07, 6.45) is -7.03. The molecule has 0 amide bonds. The van der Waals surface area contributed by atoms with Gasteiger partial charge in [-0.15, -0.1) is 0 Å². The summed E-state index contributed by atoms with van der Waals surface area (Å²) < 4.78 is 42.2. The Kier molecular flexibility index (Phi) is 4.44. The first-order valence-corrected chi connectivity index (χ1v) is 6.10. The first-order valence-electron chi connectivity index (χ1n) is 6.10. The van der Waals surface area contributed by atoms with Gasteiger partial charge in [-0.3, -0.25) is 4.90 Å². The van der Waals surface area contributed by atoms with Crippen LogP contribution in [-0.4, -0.2) is 42.5 Å². The highest BCUT2D eigenvalue weighted by molar-refractivity contribution is 5.25. The van der Waals surface area contributed by atoms with Crippen molar-refractivity contribution in [2.75, 3.05) is 26.3 Å². The Balaban J connectivity index is 1.98. The van der Waals surface area contributed by atoms with Crippen LogP contribution in [0.2, 0.25) is 0 Å². The number of ether oxygens (including phenoxy) is 1. The minimum Gasteiger partial charge on any atom is -0.379 e. The molecule has 106 valence electrons. The van der Waals surface area contributed by atoms with E-state index in [0.29, 0.717) is 19.8 Å². The smallest absolute Gasteiger partial charge is 0.379 e. The Morgan fingerprint density at radius 3 is 2.26 bits per heavy atom. The van der Waals surface area contributed by atoms with Crippen molar-refractivity contribution >= 4 is 0 Å². The number of rotatable bonds is 3. The molecule has 1 saturated heterocycles. The summed E-state index contributed by atoms with van der Waals surface area (Å²) in [5, 5.41) is 9.12. The van der Waals surface area contributed by atoms with Crippen LogP contribution in [0, 0.1) is 0 Å². The number of hydrogen-bond donors (Lipinski definition) is 1. The Morgan fingerprint density at radius 2 is 1.74 bits per heavy atom. The van der Waals surface area contributed by atoms with Crippen LogP contribution in [-0.2, 0) is 11.3 Å². The van der Waals surface area contributed by atoms with E-state index < -0.39 is 12.3 Å². The standard InChI is InChI=1S/C13H16F3NO2/c14-13(15,16)12(18)11-3-1-10(2-4-11)9-17-5-7-19-8-6-17/h1-4,12,18H,5-9H2/t12-/m0/s1. The lowest BCUT2D eigenvalue weighted by molar-refractivity contribution is -0.206. The molecule has 0 bridgehead atoms. The van der Waals surface area contributed by atoms with Crippen molar-refractivity contribution in [1.82, 2.24) is 4.90 Å². The van der Waals surface area contributed by atoms with Crippen LogP contribution in [0.5, 0.6) is 0 Å². The number of benzene rings is 1. The molecule has 0 unspecified atom stereocenters. The van der Waals surface area contributed by atoms with Crippen molar-refractivity contribution in [2.24, 2.45) is 0 Å². The molecule has 1 atom stereocenters. The maximum Gasteiger partial charge on any atom is 0.418 e. The SMILES string of the molecule is O[C@@H](c1ccc(CN2CCOCC2)cc1)C(F)(F)F. The summed E-state index contributed by atoms with van der Waals surface area (Å²) in [6.45, 7) is 3.71. The van der Waals surface area contributed by atoms with Crippen molar-refractivity contribution in [3.63, 3.8) is 0 Å². The molecule has 1 fully saturated rings. The van der Waals surface area contributed by atoms with Crippen LogP contribution in [0.3, 0.4) is 0 Å². The topological polar surface area (TPSA) is 32.7 Å². The molecule has 0 radical (unpaired) electrons. The minimum absolute atomic E-state index is 0.127. The zero-order valence-electron chi connectivity index (χ0n) is 10.4. The van der Waals surface area contributed by atoms with E-state index in [1.165, 1.54) is 12.1 Å². The largest absolute Gasteiger partial charge is 0.418 e. The van der Waals surface area contributed by atoms with E-state index in [1.807, 2.05) is 0 Å². The molecule has 0 aliphatic carbocycles. The predicted octanol–water partition coefficient (Wildman–Crippen LogP) is 2.11. The third-order valence-corrected chi connectivity index (χ3v) is 3.12. The van der Waals surface area contributed by atoms with Crippen molar-refractivity contribution in [3.05, 3.63) is 35.4 Å². The molecule has 1 heterocycles. The van der Waals surface area contributed by atoms with Crippen LogP contribution < -0.4 is 0 Å². The Morgan fingerprint density at radius 1 is 1.16 bits per heavy atom. The summed E-state index contributed by atoms with van der Waals surface area (Å²) in [5.74, 6) is 0. The molecule has 19 heavy (non-hydrogen) atoms. The maximum atomic E-state index is 12.3. The van der Waals surface area contributed by atoms with Gasteiger partial charge in [0.1, 0.15) is 0 Å². The molecule has 2 rings (SSSR count). The Bertz CT molecular complexity index is 399. The van der Waals surface area contributed by atoms with E-state index >= 15 is 0 Å². The van der Waals surface area contributed by atoms with Gasteiger partial charge in [-0.05, 0) is 11.1 Å². The number of morpholine rings is 1. The fourth-order valence-electron chi connectivity index (χ4n) is 2.01. The number of alkyl halides is 3. The van der Waals surface area contributed by atoms with E-state index in [0.717, 1.165) is 18.7 Å². The summed E-state index contributed by atoms with van der Waals surface area (Å²) in [4.78, 5) is 2.18. The zero-order chi connectivity index (χ0) is 13.9. The molecular weight excluding hydrogens is 259 g/mol. The molecule has 1 aromatic carbocycles. The van der Waals surface area contributed by atoms with E-state index in [-0.39, 0.29) is 5.56 Å². The van der Waals surface area contributed by atoms with Gasteiger partial charge in [0.25, 0.3) is 0 Å². The lowest BCUT2D eigenvalue weighted by Crippen LogP contribution is -2.35. The fraction of sp³-hybridized carbons (Fsp3) is 0.538. The number of nitrogens with zero attached hydrogens (tertiary/aromatic N) is 1. The lowest BCUT2D eigenvalue weighted by Gasteiger charge is -2.26. The average molecular weight is 275 g/mol. The zero-order valence-corrected chi connectivity index (χ0v) is 10.4. The van der Waals surface area contributed by atoms with E-state index in [9.17, 15) is 13.2 Å². The van der Waals surface area contributed by atoms with Gasteiger partial charge in [0.2, 0.25) is 0 Å². The van der Waals surface area contributed by atoms with Crippen molar-refractivity contribution < 1.29 is 23.0 Å².